The average Bonchev–Trinajstić information content (AvgIpc) is 3.17. The van der Waals surface area contributed by atoms with Gasteiger partial charge in [-0.1, -0.05) is 13.0 Å². The Morgan fingerprint density at radius 2 is 2.17 bits per heavy atom. The van der Waals surface area contributed by atoms with E-state index < -0.39 is 0 Å². The molecule has 0 saturated heterocycles. The summed E-state index contributed by atoms with van der Waals surface area (Å²) >= 11 is 0. The molecule has 0 aliphatic heterocycles. The fraction of sp³-hybridized carbons (Fsp3) is 0.625. The van der Waals surface area contributed by atoms with Gasteiger partial charge in [-0.25, -0.2) is 4.39 Å². The molecule has 1 N–H and O–H groups in total. The van der Waals surface area contributed by atoms with Crippen molar-refractivity contribution in [2.24, 2.45) is 5.92 Å². The van der Waals surface area contributed by atoms with Gasteiger partial charge >= 0.3 is 0 Å². The van der Waals surface area contributed by atoms with E-state index in [1.165, 1.54) is 30.4 Å². The predicted molar refractivity (Wildman–Crippen MR) is 74.3 cm³/mol. The van der Waals surface area contributed by atoms with Crippen LogP contribution >= 0.6 is 0 Å². The van der Waals surface area contributed by atoms with Gasteiger partial charge in [-0.2, -0.15) is 0 Å². The Morgan fingerprint density at radius 1 is 1.39 bits per heavy atom. The van der Waals surface area contributed by atoms with Crippen molar-refractivity contribution in [1.29, 1.82) is 0 Å². The number of nitrogens with one attached hydrogen (secondary N) is 1. The van der Waals surface area contributed by atoms with Crippen LogP contribution in [-0.2, 0) is 6.42 Å². The first kappa shape index (κ1) is 13.5. The highest BCUT2D eigenvalue weighted by molar-refractivity contribution is 5.26. The zero-order valence-electron chi connectivity index (χ0n) is 11.5. The summed E-state index contributed by atoms with van der Waals surface area (Å²) in [6.07, 6.45) is 6.03. The molecule has 0 aromatic heterocycles. The van der Waals surface area contributed by atoms with Gasteiger partial charge in [-0.15, -0.1) is 0 Å². The zero-order valence-corrected chi connectivity index (χ0v) is 11.5. The molecule has 2 rings (SSSR count). The number of benzene rings is 1. The van der Waals surface area contributed by atoms with Gasteiger partial charge in [0.1, 0.15) is 5.82 Å². The van der Waals surface area contributed by atoms with Crippen molar-refractivity contribution in [3.8, 4) is 0 Å². The van der Waals surface area contributed by atoms with Gasteiger partial charge < -0.3 is 5.32 Å². The van der Waals surface area contributed by atoms with Crippen LogP contribution < -0.4 is 5.32 Å². The number of hydrogen-bond donors (Lipinski definition) is 1. The lowest BCUT2D eigenvalue weighted by Crippen LogP contribution is -2.32. The molecule has 0 bridgehead atoms. The number of halogens is 1. The van der Waals surface area contributed by atoms with E-state index in [2.05, 4.69) is 19.2 Å². The van der Waals surface area contributed by atoms with Gasteiger partial charge in [0.15, 0.2) is 0 Å². The zero-order chi connectivity index (χ0) is 13.0. The smallest absolute Gasteiger partial charge is 0.123 e. The molecule has 1 saturated carbocycles. The molecule has 2 heteroatoms. The summed E-state index contributed by atoms with van der Waals surface area (Å²) in [5.41, 5.74) is 2.38. The van der Waals surface area contributed by atoms with E-state index in [0.29, 0.717) is 6.04 Å². The van der Waals surface area contributed by atoms with Crippen molar-refractivity contribution in [2.45, 2.75) is 52.0 Å². The Labute approximate surface area is 110 Å². The van der Waals surface area contributed by atoms with Crippen LogP contribution in [0.4, 0.5) is 4.39 Å². The van der Waals surface area contributed by atoms with Crippen LogP contribution in [0.25, 0.3) is 0 Å². The summed E-state index contributed by atoms with van der Waals surface area (Å²) in [7, 11) is 0. The molecule has 1 nitrogen and oxygen atoms in total. The van der Waals surface area contributed by atoms with E-state index in [9.17, 15) is 4.39 Å². The summed E-state index contributed by atoms with van der Waals surface area (Å²) in [4.78, 5) is 0. The normalized spacial score (nSPS) is 16.8. The van der Waals surface area contributed by atoms with Gasteiger partial charge in [-0.05, 0) is 74.8 Å². The third-order valence-electron chi connectivity index (χ3n) is 3.88. The van der Waals surface area contributed by atoms with Crippen LogP contribution in [0.15, 0.2) is 18.2 Å². The summed E-state index contributed by atoms with van der Waals surface area (Å²) in [6.45, 7) is 5.37. The highest BCUT2D eigenvalue weighted by Crippen LogP contribution is 2.34. The molecule has 100 valence electrons. The minimum atomic E-state index is -0.111. The lowest BCUT2D eigenvalue weighted by Gasteiger charge is -2.18. The average molecular weight is 249 g/mol. The molecule has 1 aromatic rings. The van der Waals surface area contributed by atoms with E-state index in [4.69, 9.17) is 0 Å². The molecular weight excluding hydrogens is 225 g/mol. The molecule has 0 amide bonds. The second-order valence-electron chi connectivity index (χ2n) is 5.51. The molecule has 1 unspecified atom stereocenters. The predicted octanol–water partition coefficient (Wildman–Crippen LogP) is 3.84. The highest BCUT2D eigenvalue weighted by atomic mass is 19.1. The fourth-order valence-electron chi connectivity index (χ4n) is 2.55. The van der Waals surface area contributed by atoms with E-state index in [1.54, 1.807) is 12.1 Å². The Balaban J connectivity index is 1.89. The van der Waals surface area contributed by atoms with Crippen LogP contribution in [0, 0.1) is 18.7 Å². The standard InChI is InChI=1S/C16H24FN/c1-3-10-18-16(13-5-6-13)9-7-14-11-15(17)8-4-12(14)2/h4,8,11,13,16,18H,3,5-7,9-10H2,1-2H3. The van der Waals surface area contributed by atoms with Gasteiger partial charge in [0.05, 0.1) is 0 Å². The van der Waals surface area contributed by atoms with E-state index in [-0.39, 0.29) is 5.82 Å². The first-order chi connectivity index (χ1) is 8.70. The van der Waals surface area contributed by atoms with Crippen LogP contribution in [0.5, 0.6) is 0 Å². The largest absolute Gasteiger partial charge is 0.314 e. The molecule has 0 radical (unpaired) electrons. The maximum atomic E-state index is 13.2. The second kappa shape index (κ2) is 6.33. The molecule has 0 heterocycles. The summed E-state index contributed by atoms with van der Waals surface area (Å²) in [5, 5.41) is 3.64. The molecular formula is C16H24FN. The Morgan fingerprint density at radius 3 is 2.83 bits per heavy atom. The molecule has 1 aromatic carbocycles. The van der Waals surface area contributed by atoms with Crippen molar-refractivity contribution in [3.05, 3.63) is 35.1 Å². The van der Waals surface area contributed by atoms with E-state index in [1.807, 2.05) is 6.07 Å². The van der Waals surface area contributed by atoms with Gasteiger partial charge in [0.2, 0.25) is 0 Å². The molecule has 1 atom stereocenters. The van der Waals surface area contributed by atoms with Gasteiger partial charge in [0, 0.05) is 6.04 Å². The van der Waals surface area contributed by atoms with Gasteiger partial charge in [0.25, 0.3) is 0 Å². The minimum Gasteiger partial charge on any atom is -0.314 e. The Bertz CT molecular complexity index is 385. The van der Waals surface area contributed by atoms with Crippen molar-refractivity contribution < 1.29 is 4.39 Å². The first-order valence-electron chi connectivity index (χ1n) is 7.19. The molecule has 18 heavy (non-hydrogen) atoms. The minimum absolute atomic E-state index is 0.111. The molecule has 1 aliphatic rings. The van der Waals surface area contributed by atoms with Crippen molar-refractivity contribution in [3.63, 3.8) is 0 Å². The number of hydrogen-bond acceptors (Lipinski definition) is 1. The van der Waals surface area contributed by atoms with Crippen molar-refractivity contribution >= 4 is 0 Å². The molecule has 1 aliphatic carbocycles. The van der Waals surface area contributed by atoms with Crippen molar-refractivity contribution in [1.82, 2.24) is 5.32 Å². The van der Waals surface area contributed by atoms with Crippen molar-refractivity contribution in [2.75, 3.05) is 6.54 Å². The highest BCUT2D eigenvalue weighted by Gasteiger charge is 2.30. The lowest BCUT2D eigenvalue weighted by molar-refractivity contribution is 0.435. The first-order valence-corrected chi connectivity index (χ1v) is 7.19. The van der Waals surface area contributed by atoms with Crippen LogP contribution in [0.3, 0.4) is 0 Å². The topological polar surface area (TPSA) is 12.0 Å². The van der Waals surface area contributed by atoms with Crippen LogP contribution in [0.1, 0.15) is 43.7 Å². The summed E-state index contributed by atoms with van der Waals surface area (Å²) in [5.74, 6) is 0.755. The number of aryl methyl sites for hydroxylation is 2. The Hall–Kier alpha value is -0.890. The fourth-order valence-corrected chi connectivity index (χ4v) is 2.55. The second-order valence-corrected chi connectivity index (χ2v) is 5.51. The summed E-state index contributed by atoms with van der Waals surface area (Å²) in [6, 6.07) is 5.76. The van der Waals surface area contributed by atoms with E-state index in [0.717, 1.165) is 25.3 Å². The maximum Gasteiger partial charge on any atom is 0.123 e. The number of rotatable bonds is 7. The Kier molecular flexibility index (Phi) is 4.76. The maximum absolute atomic E-state index is 13.2. The summed E-state index contributed by atoms with van der Waals surface area (Å²) < 4.78 is 13.2. The SMILES string of the molecule is CCCNC(CCc1cc(F)ccc1C)C1CC1. The van der Waals surface area contributed by atoms with E-state index >= 15 is 0 Å². The van der Waals surface area contributed by atoms with Crippen LogP contribution in [-0.4, -0.2) is 12.6 Å². The van der Waals surface area contributed by atoms with Gasteiger partial charge in [-0.3, -0.25) is 0 Å². The molecule has 1 fully saturated rings. The van der Waals surface area contributed by atoms with Crippen LogP contribution in [0.2, 0.25) is 0 Å². The monoisotopic (exact) mass is 249 g/mol. The molecule has 0 spiro atoms. The lowest BCUT2D eigenvalue weighted by atomic mass is 9.98. The third-order valence-corrected chi connectivity index (χ3v) is 3.88. The third kappa shape index (κ3) is 3.81. The quantitative estimate of drug-likeness (QED) is 0.774.